The Bertz CT molecular complexity index is 801. The number of rotatable bonds is 5. The summed E-state index contributed by atoms with van der Waals surface area (Å²) in [6.45, 7) is 2.38. The first-order valence-electron chi connectivity index (χ1n) is 9.17. The van der Waals surface area contributed by atoms with Crippen molar-refractivity contribution in [3.05, 3.63) is 119 Å². The Labute approximate surface area is 150 Å². The average Bonchev–Trinajstić information content (AvgIpc) is 3.34. The van der Waals surface area contributed by atoms with Gasteiger partial charge in [-0.2, -0.15) is 0 Å². The number of allylic oxidation sites excluding steroid dienone is 2. The summed E-state index contributed by atoms with van der Waals surface area (Å²) in [6, 6.07) is 32.7. The van der Waals surface area contributed by atoms with Gasteiger partial charge < -0.3 is 0 Å². The van der Waals surface area contributed by atoms with E-state index in [1.807, 2.05) is 0 Å². The number of benzene rings is 3. The van der Waals surface area contributed by atoms with Gasteiger partial charge in [0.05, 0.1) is 0 Å². The fraction of sp³-hybridized carbons (Fsp3) is 0.200. The van der Waals surface area contributed by atoms with E-state index in [2.05, 4.69) is 97.9 Å². The van der Waals surface area contributed by atoms with Crippen molar-refractivity contribution in [3.8, 4) is 0 Å². The van der Waals surface area contributed by atoms with Crippen LogP contribution in [0.1, 0.15) is 29.5 Å². The first-order valence-corrected chi connectivity index (χ1v) is 9.17. The topological polar surface area (TPSA) is 0 Å². The molecule has 0 aromatic heterocycles. The highest BCUT2D eigenvalue weighted by Gasteiger charge is 2.42. The van der Waals surface area contributed by atoms with E-state index in [0.717, 1.165) is 12.8 Å². The van der Waals surface area contributed by atoms with Gasteiger partial charge in [0.2, 0.25) is 0 Å². The Morgan fingerprint density at radius 3 is 1.56 bits per heavy atom. The SMILES string of the molecule is C[C@@H]1C(=C(Cc2ccccc2)Cc2ccccc2)[C@@H]1c1ccccc1. The predicted octanol–water partition coefficient (Wildman–Crippen LogP) is 6.20. The van der Waals surface area contributed by atoms with E-state index in [1.165, 1.54) is 16.7 Å². The molecule has 3 aromatic carbocycles. The Morgan fingerprint density at radius 2 is 1.08 bits per heavy atom. The van der Waals surface area contributed by atoms with Crippen LogP contribution in [0.4, 0.5) is 0 Å². The lowest BCUT2D eigenvalue weighted by molar-refractivity contribution is 0.918. The lowest BCUT2D eigenvalue weighted by atomic mass is 9.96. The molecule has 1 aliphatic carbocycles. The van der Waals surface area contributed by atoms with Gasteiger partial charge in [-0.05, 0) is 35.4 Å². The molecule has 0 spiro atoms. The molecule has 0 saturated heterocycles. The van der Waals surface area contributed by atoms with Crippen LogP contribution < -0.4 is 0 Å². The normalized spacial score (nSPS) is 18.8. The van der Waals surface area contributed by atoms with Crippen molar-refractivity contribution < 1.29 is 0 Å². The van der Waals surface area contributed by atoms with Crippen molar-refractivity contribution in [3.63, 3.8) is 0 Å². The zero-order valence-corrected chi connectivity index (χ0v) is 14.7. The molecule has 1 saturated carbocycles. The summed E-state index contributed by atoms with van der Waals surface area (Å²) in [7, 11) is 0. The summed E-state index contributed by atoms with van der Waals surface area (Å²) in [5.41, 5.74) is 7.53. The third-order valence-electron chi connectivity index (χ3n) is 5.30. The minimum atomic E-state index is 0.601. The third-order valence-corrected chi connectivity index (χ3v) is 5.30. The van der Waals surface area contributed by atoms with Crippen molar-refractivity contribution in [2.75, 3.05) is 0 Å². The molecule has 0 heterocycles. The third kappa shape index (κ3) is 3.58. The van der Waals surface area contributed by atoms with E-state index in [9.17, 15) is 0 Å². The summed E-state index contributed by atoms with van der Waals surface area (Å²) in [6.07, 6.45) is 2.11. The predicted molar refractivity (Wildman–Crippen MR) is 106 cm³/mol. The van der Waals surface area contributed by atoms with E-state index < -0.39 is 0 Å². The van der Waals surface area contributed by atoms with Gasteiger partial charge in [0, 0.05) is 5.92 Å². The van der Waals surface area contributed by atoms with Crippen LogP contribution in [-0.2, 0) is 12.8 Å². The van der Waals surface area contributed by atoms with Crippen molar-refractivity contribution in [1.29, 1.82) is 0 Å². The van der Waals surface area contributed by atoms with Gasteiger partial charge in [-0.25, -0.2) is 0 Å². The van der Waals surface area contributed by atoms with Gasteiger partial charge in [-0.15, -0.1) is 0 Å². The number of hydrogen-bond donors (Lipinski definition) is 0. The lowest BCUT2D eigenvalue weighted by Gasteiger charge is -2.09. The molecule has 2 atom stereocenters. The molecule has 124 valence electrons. The minimum Gasteiger partial charge on any atom is -0.0622 e. The van der Waals surface area contributed by atoms with Crippen LogP contribution in [0.5, 0.6) is 0 Å². The molecule has 0 unspecified atom stereocenters. The standard InChI is InChI=1S/C25H24/c1-19-24(22-15-9-4-10-16-22)25(19)23(17-20-11-5-2-6-12-20)18-21-13-7-3-8-14-21/h2-16,19,24H,17-18H2,1H3/t19-,24-/m0/s1. The smallest absolute Gasteiger partial charge is 0.0117 e. The van der Waals surface area contributed by atoms with Crippen LogP contribution in [-0.4, -0.2) is 0 Å². The molecule has 0 aliphatic heterocycles. The van der Waals surface area contributed by atoms with Crippen LogP contribution in [0.15, 0.2) is 102 Å². The maximum atomic E-state index is 2.38. The monoisotopic (exact) mass is 324 g/mol. The Balaban J connectivity index is 1.68. The molecule has 0 bridgehead atoms. The van der Waals surface area contributed by atoms with Crippen molar-refractivity contribution >= 4 is 0 Å². The van der Waals surface area contributed by atoms with Crippen molar-refractivity contribution in [1.82, 2.24) is 0 Å². The second kappa shape index (κ2) is 7.11. The van der Waals surface area contributed by atoms with E-state index in [1.54, 1.807) is 11.1 Å². The van der Waals surface area contributed by atoms with Crippen molar-refractivity contribution in [2.45, 2.75) is 25.7 Å². The fourth-order valence-corrected chi connectivity index (χ4v) is 4.02. The van der Waals surface area contributed by atoms with Crippen LogP contribution >= 0.6 is 0 Å². The summed E-state index contributed by atoms with van der Waals surface area (Å²) < 4.78 is 0. The molecule has 0 radical (unpaired) electrons. The molecule has 0 nitrogen and oxygen atoms in total. The van der Waals surface area contributed by atoms with E-state index in [0.29, 0.717) is 11.8 Å². The molecule has 0 N–H and O–H groups in total. The van der Waals surface area contributed by atoms with Crippen LogP contribution in [0.2, 0.25) is 0 Å². The van der Waals surface area contributed by atoms with E-state index >= 15 is 0 Å². The first kappa shape index (κ1) is 15.9. The Morgan fingerprint density at radius 1 is 0.640 bits per heavy atom. The largest absolute Gasteiger partial charge is 0.0622 e. The lowest BCUT2D eigenvalue weighted by Crippen LogP contribution is -1.97. The van der Waals surface area contributed by atoms with Crippen LogP contribution in [0, 0.1) is 5.92 Å². The second-order valence-electron chi connectivity index (χ2n) is 7.06. The fourth-order valence-electron chi connectivity index (χ4n) is 4.02. The van der Waals surface area contributed by atoms with Gasteiger partial charge >= 0.3 is 0 Å². The highest BCUT2D eigenvalue weighted by molar-refractivity contribution is 5.49. The summed E-state index contributed by atoms with van der Waals surface area (Å²) in [5, 5.41) is 0. The van der Waals surface area contributed by atoms with Gasteiger partial charge in [0.25, 0.3) is 0 Å². The maximum Gasteiger partial charge on any atom is 0.0117 e. The molecule has 25 heavy (non-hydrogen) atoms. The Kier molecular flexibility index (Phi) is 4.52. The zero-order chi connectivity index (χ0) is 17.1. The molecule has 1 aliphatic rings. The van der Waals surface area contributed by atoms with Crippen LogP contribution in [0.25, 0.3) is 0 Å². The summed E-state index contributed by atoms with van der Waals surface area (Å²) in [4.78, 5) is 0. The van der Waals surface area contributed by atoms with E-state index in [-0.39, 0.29) is 0 Å². The van der Waals surface area contributed by atoms with Gasteiger partial charge in [-0.3, -0.25) is 0 Å². The maximum absolute atomic E-state index is 2.38. The Hall–Kier alpha value is -2.60. The zero-order valence-electron chi connectivity index (χ0n) is 14.7. The van der Waals surface area contributed by atoms with Gasteiger partial charge in [-0.1, -0.05) is 109 Å². The minimum absolute atomic E-state index is 0.601. The highest BCUT2D eigenvalue weighted by atomic mass is 14.5. The highest BCUT2D eigenvalue weighted by Crippen LogP contribution is 2.55. The molecular formula is C25H24. The molecule has 0 amide bonds. The van der Waals surface area contributed by atoms with E-state index in [4.69, 9.17) is 0 Å². The van der Waals surface area contributed by atoms with Crippen molar-refractivity contribution in [2.24, 2.45) is 5.92 Å². The number of hydrogen-bond acceptors (Lipinski definition) is 0. The van der Waals surface area contributed by atoms with Crippen LogP contribution in [0.3, 0.4) is 0 Å². The summed E-state index contributed by atoms with van der Waals surface area (Å²) in [5.74, 6) is 1.26. The summed E-state index contributed by atoms with van der Waals surface area (Å²) >= 11 is 0. The molecule has 4 rings (SSSR count). The van der Waals surface area contributed by atoms with Gasteiger partial charge in [0.1, 0.15) is 0 Å². The second-order valence-corrected chi connectivity index (χ2v) is 7.06. The van der Waals surface area contributed by atoms with Gasteiger partial charge in [0.15, 0.2) is 0 Å². The average molecular weight is 324 g/mol. The molecule has 0 heteroatoms. The molecular weight excluding hydrogens is 300 g/mol. The quantitative estimate of drug-likeness (QED) is 0.490. The first-order chi connectivity index (χ1) is 12.3. The molecule has 3 aromatic rings. The molecule has 1 fully saturated rings.